The fourth-order valence-corrected chi connectivity index (χ4v) is 2.04. The third-order valence-electron chi connectivity index (χ3n) is 2.67. The van der Waals surface area contributed by atoms with Gasteiger partial charge in [-0.2, -0.15) is 0 Å². The second kappa shape index (κ2) is 5.19. The minimum Gasteiger partial charge on any atom is -0.260 e. The Morgan fingerprint density at radius 2 is 2.47 bits per heavy atom. The number of hydrogen-bond acceptors (Lipinski definition) is 1. The molecule has 1 aromatic heterocycles. The van der Waals surface area contributed by atoms with E-state index >= 15 is 0 Å². The van der Waals surface area contributed by atoms with Gasteiger partial charge < -0.3 is 0 Å². The Morgan fingerprint density at radius 3 is 3.33 bits per heavy atom. The highest BCUT2D eigenvalue weighted by atomic mass is 35.5. The molecule has 1 aliphatic rings. The number of aryl methyl sites for hydroxylation is 1. The number of hydrogen-bond donors (Lipinski definition) is 0. The van der Waals surface area contributed by atoms with Gasteiger partial charge in [0.1, 0.15) is 0 Å². The van der Waals surface area contributed by atoms with Crippen molar-refractivity contribution in [2.45, 2.75) is 31.6 Å². The molecule has 1 aliphatic carbocycles. The summed E-state index contributed by atoms with van der Waals surface area (Å²) in [4.78, 5) is 4.41. The quantitative estimate of drug-likeness (QED) is 0.423. The molecule has 0 radical (unpaired) electrons. The molecule has 15 heavy (non-hydrogen) atoms. The van der Waals surface area contributed by atoms with E-state index in [2.05, 4.69) is 22.9 Å². The summed E-state index contributed by atoms with van der Waals surface area (Å²) in [5.74, 6) is 7.56. The Hall–Kier alpha value is -1.00. The molecular formula is C13H14ClN. The molecule has 1 nitrogen and oxygen atoms in total. The monoisotopic (exact) mass is 219 g/mol. The van der Waals surface area contributed by atoms with Gasteiger partial charge >= 0.3 is 0 Å². The zero-order chi connectivity index (χ0) is 10.5. The summed E-state index contributed by atoms with van der Waals surface area (Å²) in [6.45, 7) is 0. The number of unbranched alkanes of at least 4 members (excludes halogenated alkanes) is 1. The van der Waals surface area contributed by atoms with Gasteiger partial charge in [0.05, 0.1) is 11.6 Å². The van der Waals surface area contributed by atoms with Crippen molar-refractivity contribution in [3.63, 3.8) is 0 Å². The van der Waals surface area contributed by atoms with Gasteiger partial charge in [-0.15, -0.1) is 17.5 Å². The maximum atomic E-state index is 5.60. The summed E-state index contributed by atoms with van der Waals surface area (Å²) in [5.41, 5.74) is 2.56. The smallest absolute Gasteiger partial charge is 0.0631 e. The van der Waals surface area contributed by atoms with Gasteiger partial charge in [-0.3, -0.25) is 4.98 Å². The molecule has 78 valence electrons. The largest absolute Gasteiger partial charge is 0.260 e. The van der Waals surface area contributed by atoms with E-state index in [4.69, 9.17) is 11.6 Å². The molecule has 0 N–H and O–H groups in total. The Kier molecular flexibility index (Phi) is 3.64. The highest BCUT2D eigenvalue weighted by Crippen LogP contribution is 2.30. The molecule has 0 aliphatic heterocycles. The highest BCUT2D eigenvalue weighted by Gasteiger charge is 2.21. The van der Waals surface area contributed by atoms with Crippen molar-refractivity contribution in [2.24, 2.45) is 0 Å². The maximum absolute atomic E-state index is 5.60. The van der Waals surface area contributed by atoms with E-state index in [1.54, 1.807) is 0 Å². The second-order valence-corrected chi connectivity index (χ2v) is 4.13. The number of halogens is 1. The Labute approximate surface area is 95.9 Å². The lowest BCUT2D eigenvalue weighted by atomic mass is 10.1. The average Bonchev–Trinajstić information content (AvgIpc) is 2.68. The van der Waals surface area contributed by atoms with Crippen LogP contribution in [0.4, 0.5) is 0 Å². The van der Waals surface area contributed by atoms with E-state index in [-0.39, 0.29) is 0 Å². The van der Waals surface area contributed by atoms with Crippen molar-refractivity contribution >= 4 is 11.6 Å². The Morgan fingerprint density at radius 1 is 1.53 bits per heavy atom. The van der Waals surface area contributed by atoms with Gasteiger partial charge in [0.15, 0.2) is 0 Å². The van der Waals surface area contributed by atoms with Crippen LogP contribution in [-0.2, 0) is 6.42 Å². The minimum atomic E-state index is 0.358. The van der Waals surface area contributed by atoms with E-state index in [1.807, 2.05) is 12.3 Å². The molecule has 1 aromatic rings. The van der Waals surface area contributed by atoms with E-state index in [1.165, 1.54) is 11.3 Å². The molecule has 0 spiro atoms. The first kappa shape index (κ1) is 10.5. The van der Waals surface area contributed by atoms with Crippen LogP contribution in [-0.4, -0.2) is 10.9 Å². The summed E-state index contributed by atoms with van der Waals surface area (Å²) in [6, 6.07) is 4.16. The molecule has 1 heterocycles. The van der Waals surface area contributed by atoms with Crippen LogP contribution in [0.15, 0.2) is 18.3 Å². The van der Waals surface area contributed by atoms with Crippen LogP contribution >= 0.6 is 11.6 Å². The normalized spacial score (nSPS) is 18.1. The number of nitrogens with zero attached hydrogens (tertiary/aromatic N) is 1. The van der Waals surface area contributed by atoms with Gasteiger partial charge in [-0.05, 0) is 30.9 Å². The average molecular weight is 220 g/mol. The summed E-state index contributed by atoms with van der Waals surface area (Å²) in [6.07, 6.45) is 5.99. The fourth-order valence-electron chi connectivity index (χ4n) is 1.90. The number of pyridine rings is 1. The van der Waals surface area contributed by atoms with Crippen molar-refractivity contribution in [1.82, 2.24) is 4.98 Å². The zero-order valence-corrected chi connectivity index (χ0v) is 9.43. The molecule has 0 aromatic carbocycles. The standard InChI is InChI=1S/C13H14ClN/c14-9-3-1-2-5-11-7-8-12-6-4-10-15-13(11)12/h4,6,10-11H,1,3,7-9H2. The topological polar surface area (TPSA) is 12.9 Å². The van der Waals surface area contributed by atoms with Gasteiger partial charge in [0, 0.05) is 18.5 Å². The van der Waals surface area contributed by atoms with E-state index in [0.29, 0.717) is 11.8 Å². The van der Waals surface area contributed by atoms with E-state index in [9.17, 15) is 0 Å². The molecular weight excluding hydrogens is 206 g/mol. The summed E-state index contributed by atoms with van der Waals surface area (Å²) < 4.78 is 0. The number of fused-ring (bicyclic) bond motifs is 1. The molecule has 0 amide bonds. The van der Waals surface area contributed by atoms with Crippen LogP contribution < -0.4 is 0 Å². The van der Waals surface area contributed by atoms with Crippen LogP contribution in [0.3, 0.4) is 0 Å². The third kappa shape index (κ3) is 2.52. The zero-order valence-electron chi connectivity index (χ0n) is 8.67. The first-order chi connectivity index (χ1) is 7.42. The lowest BCUT2D eigenvalue weighted by Crippen LogP contribution is -1.92. The predicted octanol–water partition coefficient (Wildman–Crippen LogP) is 3.13. The summed E-state index contributed by atoms with van der Waals surface area (Å²) in [5, 5.41) is 0. The second-order valence-electron chi connectivity index (χ2n) is 3.75. The van der Waals surface area contributed by atoms with Gasteiger partial charge in [0.2, 0.25) is 0 Å². The minimum absolute atomic E-state index is 0.358. The summed E-state index contributed by atoms with van der Waals surface area (Å²) in [7, 11) is 0. The van der Waals surface area contributed by atoms with Crippen molar-refractivity contribution in [2.75, 3.05) is 5.88 Å². The number of aromatic nitrogens is 1. The van der Waals surface area contributed by atoms with Crippen LogP contribution in [0.25, 0.3) is 0 Å². The Balaban J connectivity index is 2.03. The van der Waals surface area contributed by atoms with Crippen molar-refractivity contribution < 1.29 is 0 Å². The first-order valence-electron chi connectivity index (χ1n) is 5.40. The molecule has 0 saturated heterocycles. The molecule has 0 saturated carbocycles. The SMILES string of the molecule is ClCCCC#CC1CCc2cccnc21. The molecule has 1 unspecified atom stereocenters. The lowest BCUT2D eigenvalue weighted by molar-refractivity contribution is 0.818. The lowest BCUT2D eigenvalue weighted by Gasteiger charge is -2.00. The van der Waals surface area contributed by atoms with Crippen molar-refractivity contribution in [3.05, 3.63) is 29.6 Å². The van der Waals surface area contributed by atoms with Gasteiger partial charge in [-0.1, -0.05) is 12.0 Å². The molecule has 0 bridgehead atoms. The van der Waals surface area contributed by atoms with Crippen LogP contribution in [0.5, 0.6) is 0 Å². The molecule has 0 fully saturated rings. The fraction of sp³-hybridized carbons (Fsp3) is 0.462. The number of rotatable bonds is 2. The van der Waals surface area contributed by atoms with E-state index in [0.717, 1.165) is 25.7 Å². The van der Waals surface area contributed by atoms with Crippen molar-refractivity contribution in [3.8, 4) is 11.8 Å². The molecule has 2 heteroatoms. The van der Waals surface area contributed by atoms with E-state index < -0.39 is 0 Å². The summed E-state index contributed by atoms with van der Waals surface area (Å²) >= 11 is 5.60. The van der Waals surface area contributed by atoms with Crippen LogP contribution in [0, 0.1) is 11.8 Å². The molecule has 2 rings (SSSR count). The number of alkyl halides is 1. The van der Waals surface area contributed by atoms with Crippen LogP contribution in [0.2, 0.25) is 0 Å². The first-order valence-corrected chi connectivity index (χ1v) is 5.93. The van der Waals surface area contributed by atoms with Gasteiger partial charge in [0.25, 0.3) is 0 Å². The van der Waals surface area contributed by atoms with Crippen molar-refractivity contribution in [1.29, 1.82) is 0 Å². The molecule has 1 atom stereocenters. The predicted molar refractivity (Wildman–Crippen MR) is 63.0 cm³/mol. The third-order valence-corrected chi connectivity index (χ3v) is 2.94. The highest BCUT2D eigenvalue weighted by molar-refractivity contribution is 6.17. The Bertz CT molecular complexity index is 389. The van der Waals surface area contributed by atoms with Crippen LogP contribution in [0.1, 0.15) is 36.4 Å². The maximum Gasteiger partial charge on any atom is 0.0631 e. The van der Waals surface area contributed by atoms with Gasteiger partial charge in [-0.25, -0.2) is 0 Å².